The molecule has 156 valence electrons. The molecule has 8 heteroatoms. The molecule has 2 atom stereocenters. The lowest BCUT2D eigenvalue weighted by molar-refractivity contribution is -0.140. The zero-order chi connectivity index (χ0) is 20.7. The number of ether oxygens (including phenoxy) is 3. The SMILES string of the molecule is O=C1C(=O)N(CC2CCCO2)C(c2cccs2)C1=C(O)c1ccc2c(c1)OCCO2. The first-order valence-corrected chi connectivity index (χ1v) is 10.8. The number of hydrogen-bond donors (Lipinski definition) is 1. The number of amides is 1. The van der Waals surface area contributed by atoms with Crippen LogP contribution >= 0.6 is 11.3 Å². The summed E-state index contributed by atoms with van der Waals surface area (Å²) >= 11 is 1.45. The van der Waals surface area contributed by atoms with Gasteiger partial charge in [-0.1, -0.05) is 6.07 Å². The van der Waals surface area contributed by atoms with Gasteiger partial charge in [0.1, 0.15) is 19.0 Å². The molecule has 0 radical (unpaired) electrons. The van der Waals surface area contributed by atoms with Crippen LogP contribution in [0.1, 0.15) is 29.3 Å². The predicted octanol–water partition coefficient (Wildman–Crippen LogP) is 3.12. The minimum atomic E-state index is -0.682. The number of carbonyl (C=O) groups excluding carboxylic acids is 2. The lowest BCUT2D eigenvalue weighted by Gasteiger charge is -2.26. The van der Waals surface area contributed by atoms with Gasteiger partial charge in [-0.2, -0.15) is 0 Å². The van der Waals surface area contributed by atoms with E-state index in [4.69, 9.17) is 14.2 Å². The molecule has 1 amide bonds. The molecule has 3 aliphatic rings. The number of nitrogens with zero attached hydrogens (tertiary/aromatic N) is 1. The molecule has 1 aromatic heterocycles. The Hall–Kier alpha value is -2.84. The van der Waals surface area contributed by atoms with Crippen LogP contribution in [-0.2, 0) is 14.3 Å². The monoisotopic (exact) mass is 427 g/mol. The second-order valence-electron chi connectivity index (χ2n) is 7.46. The Morgan fingerprint density at radius 3 is 2.70 bits per heavy atom. The van der Waals surface area contributed by atoms with Gasteiger partial charge in [0.25, 0.3) is 11.7 Å². The number of fused-ring (bicyclic) bond motifs is 1. The number of aliphatic hydroxyl groups is 1. The van der Waals surface area contributed by atoms with E-state index < -0.39 is 17.7 Å². The summed E-state index contributed by atoms with van der Waals surface area (Å²) in [5.74, 6) is -0.404. The number of likely N-dealkylation sites (tertiary alicyclic amines) is 1. The average molecular weight is 427 g/mol. The van der Waals surface area contributed by atoms with Crippen molar-refractivity contribution >= 4 is 28.8 Å². The van der Waals surface area contributed by atoms with Crippen molar-refractivity contribution in [3.63, 3.8) is 0 Å². The van der Waals surface area contributed by atoms with E-state index in [0.29, 0.717) is 43.4 Å². The van der Waals surface area contributed by atoms with Crippen LogP contribution in [0.2, 0.25) is 0 Å². The largest absolute Gasteiger partial charge is 0.507 e. The van der Waals surface area contributed by atoms with E-state index in [1.165, 1.54) is 16.2 Å². The Morgan fingerprint density at radius 1 is 1.13 bits per heavy atom. The molecule has 4 heterocycles. The standard InChI is InChI=1S/C22H21NO6S/c24-20(13-5-6-15-16(11-13)29-9-8-28-15)18-19(17-4-2-10-30-17)23(22(26)21(18)25)12-14-3-1-7-27-14/h2,4-6,10-11,14,19,24H,1,3,7-9,12H2. The van der Waals surface area contributed by atoms with Crippen molar-refractivity contribution in [3.8, 4) is 11.5 Å². The lowest BCUT2D eigenvalue weighted by atomic mass is 9.99. The van der Waals surface area contributed by atoms with E-state index in [2.05, 4.69) is 0 Å². The number of hydrogen-bond acceptors (Lipinski definition) is 7. The quantitative estimate of drug-likeness (QED) is 0.459. The number of benzene rings is 1. The second kappa shape index (κ2) is 7.77. The summed E-state index contributed by atoms with van der Waals surface area (Å²) in [4.78, 5) is 28.3. The molecule has 0 saturated carbocycles. The molecule has 1 N–H and O–H groups in total. The molecule has 0 spiro atoms. The normalized spacial score (nSPS) is 25.1. The Balaban J connectivity index is 1.57. The van der Waals surface area contributed by atoms with Crippen LogP contribution < -0.4 is 9.47 Å². The van der Waals surface area contributed by atoms with Gasteiger partial charge in [-0.15, -0.1) is 11.3 Å². The van der Waals surface area contributed by atoms with Crippen LogP contribution in [0.5, 0.6) is 11.5 Å². The summed E-state index contributed by atoms with van der Waals surface area (Å²) in [5.41, 5.74) is 0.507. The van der Waals surface area contributed by atoms with Gasteiger partial charge < -0.3 is 24.2 Å². The summed E-state index contributed by atoms with van der Waals surface area (Å²) in [6, 6.07) is 8.12. The van der Waals surface area contributed by atoms with E-state index in [0.717, 1.165) is 17.7 Å². The highest BCUT2D eigenvalue weighted by Gasteiger charge is 2.47. The Kier molecular flexibility index (Phi) is 4.96. The highest BCUT2D eigenvalue weighted by atomic mass is 32.1. The molecule has 2 saturated heterocycles. The second-order valence-corrected chi connectivity index (χ2v) is 8.44. The van der Waals surface area contributed by atoms with Gasteiger partial charge in [-0.3, -0.25) is 9.59 Å². The number of carbonyl (C=O) groups is 2. The predicted molar refractivity (Wildman–Crippen MR) is 110 cm³/mol. The molecule has 2 unspecified atom stereocenters. The average Bonchev–Trinajstić information content (AvgIpc) is 3.52. The van der Waals surface area contributed by atoms with Gasteiger partial charge in [-0.25, -0.2) is 0 Å². The number of ketones is 1. The third kappa shape index (κ3) is 3.26. The smallest absolute Gasteiger partial charge is 0.295 e. The van der Waals surface area contributed by atoms with E-state index >= 15 is 0 Å². The summed E-state index contributed by atoms with van der Waals surface area (Å²) in [7, 11) is 0. The summed E-state index contributed by atoms with van der Waals surface area (Å²) < 4.78 is 16.8. The number of rotatable bonds is 4. The Labute approximate surface area is 177 Å². The van der Waals surface area contributed by atoms with E-state index in [-0.39, 0.29) is 17.4 Å². The fourth-order valence-corrected chi connectivity index (χ4v) is 5.01. The van der Waals surface area contributed by atoms with Crippen molar-refractivity contribution in [1.82, 2.24) is 4.90 Å². The Morgan fingerprint density at radius 2 is 1.97 bits per heavy atom. The molecule has 2 fully saturated rings. The zero-order valence-corrected chi connectivity index (χ0v) is 17.0. The molecular weight excluding hydrogens is 406 g/mol. The molecule has 5 rings (SSSR count). The van der Waals surface area contributed by atoms with Gasteiger partial charge in [0.15, 0.2) is 11.5 Å². The molecule has 0 aliphatic carbocycles. The molecule has 3 aliphatic heterocycles. The first-order chi connectivity index (χ1) is 14.6. The van der Waals surface area contributed by atoms with Crippen LogP contribution in [0.4, 0.5) is 0 Å². The van der Waals surface area contributed by atoms with Gasteiger partial charge in [0.05, 0.1) is 17.7 Å². The van der Waals surface area contributed by atoms with E-state index in [1.807, 2.05) is 17.5 Å². The maximum atomic E-state index is 13.0. The maximum Gasteiger partial charge on any atom is 0.295 e. The zero-order valence-electron chi connectivity index (χ0n) is 16.2. The number of thiophene rings is 1. The highest BCUT2D eigenvalue weighted by Crippen LogP contribution is 2.42. The van der Waals surface area contributed by atoms with Gasteiger partial charge >= 0.3 is 0 Å². The van der Waals surface area contributed by atoms with Crippen molar-refractivity contribution in [1.29, 1.82) is 0 Å². The Bertz CT molecular complexity index is 1010. The van der Waals surface area contributed by atoms with Crippen molar-refractivity contribution in [2.24, 2.45) is 0 Å². The fourth-order valence-electron chi connectivity index (χ4n) is 4.16. The maximum absolute atomic E-state index is 13.0. The minimum absolute atomic E-state index is 0.0946. The third-order valence-corrected chi connectivity index (χ3v) is 6.52. The molecular formula is C22H21NO6S. The number of aliphatic hydroxyl groups excluding tert-OH is 1. The van der Waals surface area contributed by atoms with Crippen molar-refractivity contribution < 1.29 is 28.9 Å². The van der Waals surface area contributed by atoms with Crippen LogP contribution in [0.25, 0.3) is 5.76 Å². The lowest BCUT2D eigenvalue weighted by Crippen LogP contribution is -2.36. The van der Waals surface area contributed by atoms with Crippen molar-refractivity contribution in [2.45, 2.75) is 25.0 Å². The molecule has 1 aromatic carbocycles. The topological polar surface area (TPSA) is 85.3 Å². The molecule has 2 aromatic rings. The van der Waals surface area contributed by atoms with Crippen LogP contribution in [0, 0.1) is 0 Å². The fraction of sp³-hybridized carbons (Fsp3) is 0.364. The summed E-state index contributed by atoms with van der Waals surface area (Å²) in [5, 5.41) is 13.0. The molecule has 0 bridgehead atoms. The van der Waals surface area contributed by atoms with Crippen LogP contribution in [-0.4, -0.2) is 54.2 Å². The minimum Gasteiger partial charge on any atom is -0.507 e. The van der Waals surface area contributed by atoms with E-state index in [1.54, 1.807) is 18.2 Å². The van der Waals surface area contributed by atoms with Crippen LogP contribution in [0.3, 0.4) is 0 Å². The van der Waals surface area contributed by atoms with Crippen LogP contribution in [0.15, 0.2) is 41.3 Å². The summed E-state index contributed by atoms with van der Waals surface area (Å²) in [6.45, 7) is 1.86. The third-order valence-electron chi connectivity index (χ3n) is 5.59. The highest BCUT2D eigenvalue weighted by molar-refractivity contribution is 7.10. The van der Waals surface area contributed by atoms with Gasteiger partial charge in [-0.05, 0) is 42.5 Å². The van der Waals surface area contributed by atoms with Gasteiger partial charge in [0.2, 0.25) is 0 Å². The first kappa shape index (κ1) is 19.1. The van der Waals surface area contributed by atoms with Crippen molar-refractivity contribution in [2.75, 3.05) is 26.4 Å². The van der Waals surface area contributed by atoms with Crippen molar-refractivity contribution in [3.05, 3.63) is 51.7 Å². The number of Topliss-reactive ketones (excluding diaryl/α,β-unsaturated/α-hetero) is 1. The molecule has 30 heavy (non-hydrogen) atoms. The van der Waals surface area contributed by atoms with E-state index in [9.17, 15) is 14.7 Å². The van der Waals surface area contributed by atoms with Gasteiger partial charge in [0, 0.05) is 23.6 Å². The summed E-state index contributed by atoms with van der Waals surface area (Å²) in [6.07, 6.45) is 1.69. The molecule has 7 nitrogen and oxygen atoms in total. The first-order valence-electron chi connectivity index (χ1n) is 9.97.